The van der Waals surface area contributed by atoms with E-state index in [-0.39, 0.29) is 0 Å². The van der Waals surface area contributed by atoms with Crippen molar-refractivity contribution >= 4 is 11.3 Å². The van der Waals surface area contributed by atoms with Crippen LogP contribution in [0, 0.1) is 19.8 Å². The highest BCUT2D eigenvalue weighted by atomic mass is 32.1. The fourth-order valence-corrected chi connectivity index (χ4v) is 3.95. The van der Waals surface area contributed by atoms with Crippen molar-refractivity contribution in [3.05, 3.63) is 20.9 Å². The van der Waals surface area contributed by atoms with Gasteiger partial charge in [-0.25, -0.2) is 0 Å². The average molecular weight is 194 g/mol. The molecule has 1 aliphatic rings. The summed E-state index contributed by atoms with van der Waals surface area (Å²) in [6, 6.07) is 0. The van der Waals surface area contributed by atoms with E-state index in [1.807, 2.05) is 11.3 Å². The van der Waals surface area contributed by atoms with Gasteiger partial charge in [0.15, 0.2) is 0 Å². The van der Waals surface area contributed by atoms with Crippen molar-refractivity contribution < 1.29 is 0 Å². The minimum atomic E-state index is 0.773. The fourth-order valence-electron chi connectivity index (χ4n) is 2.51. The van der Waals surface area contributed by atoms with Crippen molar-refractivity contribution in [2.24, 2.45) is 5.92 Å². The first-order valence-corrected chi connectivity index (χ1v) is 5.95. The second-order valence-corrected chi connectivity index (χ2v) is 5.75. The van der Waals surface area contributed by atoms with Gasteiger partial charge in [0, 0.05) is 9.75 Å². The summed E-state index contributed by atoms with van der Waals surface area (Å²) in [4.78, 5) is 3.19. The van der Waals surface area contributed by atoms with Gasteiger partial charge in [-0.15, -0.1) is 11.3 Å². The van der Waals surface area contributed by atoms with Crippen molar-refractivity contribution in [2.75, 3.05) is 0 Å². The van der Waals surface area contributed by atoms with Crippen molar-refractivity contribution in [3.63, 3.8) is 0 Å². The Morgan fingerprint density at radius 2 is 1.62 bits per heavy atom. The van der Waals surface area contributed by atoms with E-state index in [0.717, 1.165) is 17.8 Å². The van der Waals surface area contributed by atoms with Crippen molar-refractivity contribution in [3.8, 4) is 0 Å². The third-order valence-corrected chi connectivity index (χ3v) is 5.33. The molecule has 0 aromatic carbocycles. The lowest BCUT2D eigenvalue weighted by atomic mass is 9.91. The molecule has 0 amide bonds. The van der Waals surface area contributed by atoms with Gasteiger partial charge in [0.25, 0.3) is 0 Å². The predicted molar refractivity (Wildman–Crippen MR) is 59.8 cm³/mol. The Kier molecular flexibility index (Phi) is 2.03. The number of hydrogen-bond donors (Lipinski definition) is 0. The second kappa shape index (κ2) is 2.84. The van der Waals surface area contributed by atoms with Gasteiger partial charge in [0.1, 0.15) is 0 Å². The largest absolute Gasteiger partial charge is 0.145 e. The molecular formula is C12H18S. The molecule has 2 rings (SSSR count). The Morgan fingerprint density at radius 1 is 1.00 bits per heavy atom. The van der Waals surface area contributed by atoms with Crippen LogP contribution in [0.15, 0.2) is 0 Å². The van der Waals surface area contributed by atoms with E-state index in [1.165, 1.54) is 4.88 Å². The molecule has 0 fully saturated rings. The van der Waals surface area contributed by atoms with Crippen LogP contribution in [0.5, 0.6) is 0 Å². The van der Waals surface area contributed by atoms with E-state index in [9.17, 15) is 0 Å². The molecule has 0 radical (unpaired) electrons. The zero-order valence-electron chi connectivity index (χ0n) is 9.14. The first kappa shape index (κ1) is 9.26. The summed E-state index contributed by atoms with van der Waals surface area (Å²) in [7, 11) is 0. The van der Waals surface area contributed by atoms with Gasteiger partial charge < -0.3 is 0 Å². The van der Waals surface area contributed by atoms with E-state index in [0.29, 0.717) is 0 Å². The zero-order chi connectivity index (χ0) is 9.75. The summed E-state index contributed by atoms with van der Waals surface area (Å²) in [5.41, 5.74) is 3.23. The minimum absolute atomic E-state index is 0.773. The number of thiophene rings is 1. The SMILES string of the molecule is Cc1sc2c(c1C)C(C)C(C)C2C. The van der Waals surface area contributed by atoms with E-state index in [1.54, 1.807) is 16.0 Å². The van der Waals surface area contributed by atoms with Crippen LogP contribution in [0.3, 0.4) is 0 Å². The summed E-state index contributed by atoms with van der Waals surface area (Å²) in [5.74, 6) is 2.39. The number of fused-ring (bicyclic) bond motifs is 1. The lowest BCUT2D eigenvalue weighted by molar-refractivity contribution is 0.465. The topological polar surface area (TPSA) is 0 Å². The number of hydrogen-bond acceptors (Lipinski definition) is 1. The van der Waals surface area contributed by atoms with Crippen molar-refractivity contribution in [2.45, 2.75) is 46.5 Å². The summed E-state index contributed by atoms with van der Waals surface area (Å²) < 4.78 is 0. The molecular weight excluding hydrogens is 176 g/mol. The molecule has 0 bridgehead atoms. The van der Waals surface area contributed by atoms with Gasteiger partial charge in [-0.2, -0.15) is 0 Å². The summed E-state index contributed by atoms with van der Waals surface area (Å²) in [6.45, 7) is 11.7. The van der Waals surface area contributed by atoms with Crippen LogP contribution in [-0.4, -0.2) is 0 Å². The van der Waals surface area contributed by atoms with Crippen LogP contribution >= 0.6 is 11.3 Å². The zero-order valence-corrected chi connectivity index (χ0v) is 9.96. The maximum absolute atomic E-state index is 2.39. The molecule has 0 aliphatic heterocycles. The van der Waals surface area contributed by atoms with Crippen LogP contribution in [0.4, 0.5) is 0 Å². The van der Waals surface area contributed by atoms with Crippen LogP contribution in [0.25, 0.3) is 0 Å². The van der Waals surface area contributed by atoms with E-state index < -0.39 is 0 Å². The molecule has 72 valence electrons. The molecule has 1 aromatic heterocycles. The summed E-state index contributed by atoms with van der Waals surface area (Å²) >= 11 is 2.02. The highest BCUT2D eigenvalue weighted by Gasteiger charge is 2.35. The Morgan fingerprint density at radius 3 is 2.15 bits per heavy atom. The van der Waals surface area contributed by atoms with Gasteiger partial charge in [-0.1, -0.05) is 20.8 Å². The Hall–Kier alpha value is -0.300. The number of aryl methyl sites for hydroxylation is 1. The fraction of sp³-hybridized carbons (Fsp3) is 0.667. The molecule has 0 saturated carbocycles. The van der Waals surface area contributed by atoms with Gasteiger partial charge in [0.05, 0.1) is 0 Å². The molecule has 0 spiro atoms. The molecule has 1 aromatic rings. The third kappa shape index (κ3) is 1.10. The van der Waals surface area contributed by atoms with Gasteiger partial charge in [0.2, 0.25) is 0 Å². The van der Waals surface area contributed by atoms with Crippen LogP contribution in [-0.2, 0) is 0 Å². The maximum atomic E-state index is 2.39. The van der Waals surface area contributed by atoms with Crippen molar-refractivity contribution in [1.82, 2.24) is 0 Å². The maximum Gasteiger partial charge on any atom is 0.0117 e. The smallest absolute Gasteiger partial charge is 0.0117 e. The molecule has 3 unspecified atom stereocenters. The lowest BCUT2D eigenvalue weighted by Crippen LogP contribution is -2.03. The Balaban J connectivity index is 2.58. The Bertz CT molecular complexity index is 335. The standard InChI is InChI=1S/C12H18S/c1-6-7(2)11-9(4)10(5)13-12(11)8(6)3/h6-8H,1-5H3. The van der Waals surface area contributed by atoms with E-state index in [4.69, 9.17) is 0 Å². The minimum Gasteiger partial charge on any atom is -0.145 e. The molecule has 13 heavy (non-hydrogen) atoms. The molecule has 3 atom stereocenters. The first-order valence-electron chi connectivity index (χ1n) is 5.13. The predicted octanol–water partition coefficient (Wildman–Crippen LogP) is 4.22. The molecule has 0 nitrogen and oxygen atoms in total. The third-order valence-electron chi connectivity index (χ3n) is 3.91. The molecule has 1 heteroatoms. The lowest BCUT2D eigenvalue weighted by Gasteiger charge is -2.15. The van der Waals surface area contributed by atoms with Gasteiger partial charge in [-0.3, -0.25) is 0 Å². The van der Waals surface area contributed by atoms with Crippen LogP contribution in [0.1, 0.15) is 53.5 Å². The first-order chi connectivity index (χ1) is 6.04. The molecule has 0 N–H and O–H groups in total. The monoisotopic (exact) mass is 194 g/mol. The number of rotatable bonds is 0. The summed E-state index contributed by atoms with van der Waals surface area (Å²) in [6.07, 6.45) is 0. The average Bonchev–Trinajstić information content (AvgIpc) is 2.48. The van der Waals surface area contributed by atoms with Crippen LogP contribution in [0.2, 0.25) is 0 Å². The second-order valence-electron chi connectivity index (χ2n) is 4.50. The molecule has 0 saturated heterocycles. The van der Waals surface area contributed by atoms with E-state index >= 15 is 0 Å². The summed E-state index contributed by atoms with van der Waals surface area (Å²) in [5, 5.41) is 0. The van der Waals surface area contributed by atoms with E-state index in [2.05, 4.69) is 34.6 Å². The Labute approximate surface area is 85.0 Å². The van der Waals surface area contributed by atoms with Gasteiger partial charge >= 0.3 is 0 Å². The quantitative estimate of drug-likeness (QED) is 0.580. The van der Waals surface area contributed by atoms with Crippen molar-refractivity contribution in [1.29, 1.82) is 0 Å². The van der Waals surface area contributed by atoms with Gasteiger partial charge in [-0.05, 0) is 42.7 Å². The normalized spacial score (nSPS) is 32.2. The highest BCUT2D eigenvalue weighted by molar-refractivity contribution is 7.12. The van der Waals surface area contributed by atoms with Crippen LogP contribution < -0.4 is 0 Å². The molecule has 1 aliphatic carbocycles. The molecule has 1 heterocycles. The highest BCUT2D eigenvalue weighted by Crippen LogP contribution is 2.51.